The first-order chi connectivity index (χ1) is 12.1. The van der Waals surface area contributed by atoms with Crippen molar-refractivity contribution in [2.75, 3.05) is 6.54 Å². The first kappa shape index (κ1) is 16.3. The molecule has 0 unspecified atom stereocenters. The molecule has 6 heteroatoms. The number of aliphatic hydroxyl groups excluding tert-OH is 1. The van der Waals surface area contributed by atoms with Crippen LogP contribution in [0.4, 0.5) is 0 Å². The van der Waals surface area contributed by atoms with Crippen LogP contribution in [-0.2, 0) is 0 Å². The molecule has 3 atom stereocenters. The molecule has 2 aromatic rings. The van der Waals surface area contributed by atoms with Crippen molar-refractivity contribution in [3.8, 4) is 0 Å². The minimum Gasteiger partial charge on any atom is -0.393 e. The Labute approximate surface area is 147 Å². The van der Waals surface area contributed by atoms with E-state index in [9.17, 15) is 9.90 Å². The van der Waals surface area contributed by atoms with Crippen LogP contribution in [0.1, 0.15) is 65.1 Å². The average molecular weight is 340 g/mol. The van der Waals surface area contributed by atoms with Gasteiger partial charge in [-0.2, -0.15) is 5.10 Å². The third kappa shape index (κ3) is 3.58. The number of nitrogens with zero attached hydrogens (tertiary/aromatic N) is 2. The van der Waals surface area contributed by atoms with Gasteiger partial charge in [-0.3, -0.25) is 9.89 Å². The van der Waals surface area contributed by atoms with E-state index in [1.807, 2.05) is 19.1 Å². The van der Waals surface area contributed by atoms with Crippen LogP contribution in [0, 0.1) is 12.8 Å². The molecular weight excluding hydrogens is 316 g/mol. The van der Waals surface area contributed by atoms with Crippen molar-refractivity contribution < 1.29 is 9.90 Å². The number of carbonyl (C=O) groups excluding carboxylic acids is 1. The number of aromatic nitrogens is 3. The predicted molar refractivity (Wildman–Crippen MR) is 93.3 cm³/mol. The Balaban J connectivity index is 1.32. The van der Waals surface area contributed by atoms with Crippen LogP contribution < -0.4 is 5.32 Å². The molecular formula is C19H24N4O2. The maximum absolute atomic E-state index is 12.3. The van der Waals surface area contributed by atoms with Crippen molar-refractivity contribution in [2.45, 2.75) is 50.5 Å². The van der Waals surface area contributed by atoms with Crippen molar-refractivity contribution in [3.05, 3.63) is 47.0 Å². The van der Waals surface area contributed by atoms with E-state index < -0.39 is 6.10 Å². The monoisotopic (exact) mass is 340 g/mol. The van der Waals surface area contributed by atoms with E-state index >= 15 is 0 Å². The lowest BCUT2D eigenvalue weighted by molar-refractivity contribution is 0.0916. The first-order valence-electron chi connectivity index (χ1n) is 9.05. The Morgan fingerprint density at radius 2 is 2.00 bits per heavy atom. The van der Waals surface area contributed by atoms with Gasteiger partial charge in [-0.15, -0.1) is 0 Å². The Morgan fingerprint density at radius 1 is 1.24 bits per heavy atom. The quantitative estimate of drug-likeness (QED) is 0.779. The minimum atomic E-state index is -0.429. The van der Waals surface area contributed by atoms with Crippen molar-refractivity contribution in [1.29, 1.82) is 0 Å². The number of aryl methyl sites for hydroxylation is 1. The number of hydrogen-bond acceptors (Lipinski definition) is 4. The largest absolute Gasteiger partial charge is 0.393 e. The number of carbonyl (C=O) groups is 1. The van der Waals surface area contributed by atoms with E-state index in [2.05, 4.69) is 32.6 Å². The minimum absolute atomic E-state index is 0.0403. The molecule has 2 aliphatic carbocycles. The summed E-state index contributed by atoms with van der Waals surface area (Å²) in [6.07, 6.45) is 3.53. The van der Waals surface area contributed by atoms with Crippen LogP contribution in [0.3, 0.4) is 0 Å². The number of H-pyrrole nitrogens is 1. The van der Waals surface area contributed by atoms with Crippen LogP contribution in [0.5, 0.6) is 0 Å². The summed E-state index contributed by atoms with van der Waals surface area (Å²) >= 11 is 0. The zero-order valence-corrected chi connectivity index (χ0v) is 14.4. The van der Waals surface area contributed by atoms with E-state index in [0.717, 1.165) is 18.1 Å². The number of amides is 1. The Hall–Kier alpha value is -2.21. The molecule has 1 amide bonds. The second-order valence-electron chi connectivity index (χ2n) is 7.38. The second kappa shape index (κ2) is 6.59. The van der Waals surface area contributed by atoms with Gasteiger partial charge in [-0.1, -0.05) is 12.1 Å². The molecule has 2 saturated carbocycles. The number of benzene rings is 1. The predicted octanol–water partition coefficient (Wildman–Crippen LogP) is 2.28. The Bertz CT molecular complexity index is 751. The van der Waals surface area contributed by atoms with E-state index in [-0.39, 0.29) is 17.7 Å². The van der Waals surface area contributed by atoms with E-state index in [1.165, 1.54) is 18.4 Å². The molecule has 0 saturated heterocycles. The van der Waals surface area contributed by atoms with Crippen LogP contribution in [0.15, 0.2) is 24.3 Å². The average Bonchev–Trinajstić information content (AvgIpc) is 3.28. The molecule has 0 aliphatic heterocycles. The van der Waals surface area contributed by atoms with Crippen LogP contribution >= 0.6 is 0 Å². The highest BCUT2D eigenvalue weighted by Crippen LogP contribution is 2.40. The number of rotatable bonds is 5. The van der Waals surface area contributed by atoms with Gasteiger partial charge in [0, 0.05) is 23.9 Å². The van der Waals surface area contributed by atoms with Gasteiger partial charge in [0.15, 0.2) is 5.82 Å². The highest BCUT2D eigenvalue weighted by atomic mass is 16.3. The van der Waals surface area contributed by atoms with Gasteiger partial charge in [0.2, 0.25) is 0 Å². The van der Waals surface area contributed by atoms with Crippen molar-refractivity contribution in [1.82, 2.24) is 20.5 Å². The SMILES string of the molecule is Cc1nc([C@H]2C[C@H](CNC(=O)c3ccc(C4CC4)cc3)[C@H](O)C2)n[nH]1. The standard InChI is InChI=1S/C19H24N4O2/c1-11-21-18(23-22-11)15-8-16(17(24)9-15)10-20-19(25)14-6-4-13(5-7-14)12-2-3-12/h4-7,12,15-17,24H,2-3,8-10H2,1H3,(H,20,25)(H,21,22,23)/t15-,16+,17+/m0/s1. The Kier molecular flexibility index (Phi) is 4.29. The molecule has 4 rings (SSSR count). The summed E-state index contributed by atoms with van der Waals surface area (Å²) in [4.78, 5) is 16.7. The van der Waals surface area contributed by atoms with E-state index in [4.69, 9.17) is 0 Å². The molecule has 0 bridgehead atoms. The van der Waals surface area contributed by atoms with Crippen LogP contribution in [0.2, 0.25) is 0 Å². The zero-order valence-electron chi connectivity index (χ0n) is 14.4. The molecule has 6 nitrogen and oxygen atoms in total. The summed E-state index contributed by atoms with van der Waals surface area (Å²) < 4.78 is 0. The van der Waals surface area contributed by atoms with Crippen molar-refractivity contribution in [3.63, 3.8) is 0 Å². The van der Waals surface area contributed by atoms with Gasteiger partial charge in [0.1, 0.15) is 5.82 Å². The van der Waals surface area contributed by atoms with Gasteiger partial charge in [-0.05, 0) is 56.2 Å². The van der Waals surface area contributed by atoms with Gasteiger partial charge >= 0.3 is 0 Å². The lowest BCUT2D eigenvalue weighted by atomic mass is 10.0. The van der Waals surface area contributed by atoms with E-state index in [0.29, 0.717) is 24.4 Å². The van der Waals surface area contributed by atoms with Crippen LogP contribution in [0.25, 0.3) is 0 Å². The van der Waals surface area contributed by atoms with Gasteiger partial charge in [0.05, 0.1) is 6.10 Å². The molecule has 1 heterocycles. The fourth-order valence-corrected chi connectivity index (χ4v) is 3.72. The summed E-state index contributed by atoms with van der Waals surface area (Å²) in [5.41, 5.74) is 2.01. The number of aromatic amines is 1. The fourth-order valence-electron chi connectivity index (χ4n) is 3.72. The van der Waals surface area contributed by atoms with E-state index in [1.54, 1.807) is 0 Å². The third-order valence-corrected chi connectivity index (χ3v) is 5.38. The summed E-state index contributed by atoms with van der Waals surface area (Å²) in [7, 11) is 0. The van der Waals surface area contributed by atoms with Crippen molar-refractivity contribution >= 4 is 5.91 Å². The number of aliphatic hydroxyl groups is 1. The number of nitrogens with one attached hydrogen (secondary N) is 2. The smallest absolute Gasteiger partial charge is 0.251 e. The maximum atomic E-state index is 12.3. The summed E-state index contributed by atoms with van der Waals surface area (Å²) in [6, 6.07) is 7.90. The third-order valence-electron chi connectivity index (χ3n) is 5.38. The summed E-state index contributed by atoms with van der Waals surface area (Å²) in [5, 5.41) is 20.3. The highest BCUT2D eigenvalue weighted by Gasteiger charge is 2.35. The van der Waals surface area contributed by atoms with Gasteiger partial charge in [-0.25, -0.2) is 4.98 Å². The molecule has 1 aromatic carbocycles. The summed E-state index contributed by atoms with van der Waals surface area (Å²) in [6.45, 7) is 2.35. The van der Waals surface area contributed by atoms with Crippen LogP contribution in [-0.4, -0.2) is 38.8 Å². The van der Waals surface area contributed by atoms with Gasteiger partial charge < -0.3 is 10.4 Å². The molecule has 2 aliphatic rings. The molecule has 132 valence electrons. The zero-order chi connectivity index (χ0) is 17.4. The molecule has 1 aromatic heterocycles. The molecule has 3 N–H and O–H groups in total. The second-order valence-corrected chi connectivity index (χ2v) is 7.38. The molecule has 0 radical (unpaired) electrons. The lowest BCUT2D eigenvalue weighted by Gasteiger charge is -2.15. The highest BCUT2D eigenvalue weighted by molar-refractivity contribution is 5.94. The number of hydrogen-bond donors (Lipinski definition) is 3. The molecule has 0 spiro atoms. The van der Waals surface area contributed by atoms with Gasteiger partial charge in [0.25, 0.3) is 5.91 Å². The van der Waals surface area contributed by atoms with Crippen molar-refractivity contribution in [2.24, 2.45) is 5.92 Å². The summed E-state index contributed by atoms with van der Waals surface area (Å²) in [5.74, 6) is 2.36. The Morgan fingerprint density at radius 3 is 2.64 bits per heavy atom. The maximum Gasteiger partial charge on any atom is 0.251 e. The normalized spacial score (nSPS) is 25.9. The topological polar surface area (TPSA) is 90.9 Å². The fraction of sp³-hybridized carbons (Fsp3) is 0.526. The first-order valence-corrected chi connectivity index (χ1v) is 9.05. The molecule has 25 heavy (non-hydrogen) atoms. The molecule has 2 fully saturated rings. The lowest BCUT2D eigenvalue weighted by Crippen LogP contribution is -2.32.